The van der Waals surface area contributed by atoms with Gasteiger partial charge in [-0.1, -0.05) is 59.3 Å². The number of aromatic nitrogens is 2. The van der Waals surface area contributed by atoms with Crippen LogP contribution in [0.5, 0.6) is 0 Å². The molecule has 7 nitrogen and oxygen atoms in total. The highest BCUT2D eigenvalue weighted by molar-refractivity contribution is 8.01. The molecule has 1 fully saturated rings. The van der Waals surface area contributed by atoms with E-state index in [-0.39, 0.29) is 17.6 Å². The average molecular weight is 495 g/mol. The lowest BCUT2D eigenvalue weighted by Crippen LogP contribution is -2.41. The molecule has 1 aromatic heterocycles. The fraction of sp³-hybridized carbons (Fsp3) is 0.471. The lowest BCUT2D eigenvalue weighted by atomic mass is 9.97. The van der Waals surface area contributed by atoms with Gasteiger partial charge in [0.2, 0.25) is 21.1 Å². The van der Waals surface area contributed by atoms with Crippen LogP contribution in [0.15, 0.2) is 22.5 Å². The maximum atomic E-state index is 12.7. The van der Waals surface area contributed by atoms with E-state index < -0.39 is 10.0 Å². The smallest absolute Gasteiger partial charge is 0.229 e. The van der Waals surface area contributed by atoms with Crippen molar-refractivity contribution in [2.24, 2.45) is 5.92 Å². The van der Waals surface area contributed by atoms with Crippen molar-refractivity contribution in [1.29, 1.82) is 0 Å². The van der Waals surface area contributed by atoms with E-state index in [9.17, 15) is 13.2 Å². The summed E-state index contributed by atoms with van der Waals surface area (Å²) >= 11 is 14.9. The molecule has 1 aliphatic heterocycles. The van der Waals surface area contributed by atoms with Crippen LogP contribution in [0.1, 0.15) is 25.3 Å². The number of rotatable bonds is 7. The predicted octanol–water partition coefficient (Wildman–Crippen LogP) is 4.14. The zero-order chi connectivity index (χ0) is 21.0. The Labute approximate surface area is 188 Å². The third-order valence-corrected chi connectivity index (χ3v) is 8.74. The number of amides is 1. The Bertz CT molecular complexity index is 976. The highest BCUT2D eigenvalue weighted by atomic mass is 35.5. The summed E-state index contributed by atoms with van der Waals surface area (Å²) < 4.78 is 27.7. The SMILES string of the molecule is CCSc1nnc(NC(=O)C2CCN(S(=O)(=O)Cc3ccc(Cl)cc3Cl)CC2)s1. The van der Waals surface area contributed by atoms with Crippen molar-refractivity contribution in [3.8, 4) is 0 Å². The minimum atomic E-state index is -3.53. The van der Waals surface area contributed by atoms with Crippen LogP contribution in [0.4, 0.5) is 5.13 Å². The topological polar surface area (TPSA) is 92.3 Å². The van der Waals surface area contributed by atoms with E-state index in [0.717, 1.165) is 10.1 Å². The van der Waals surface area contributed by atoms with Crippen molar-refractivity contribution in [2.75, 3.05) is 24.2 Å². The molecule has 2 aromatic rings. The molecule has 1 saturated heterocycles. The summed E-state index contributed by atoms with van der Waals surface area (Å²) in [6.07, 6.45) is 0.906. The Hall–Kier alpha value is -0.910. The van der Waals surface area contributed by atoms with E-state index >= 15 is 0 Å². The standard InChI is InChI=1S/C17H20Cl2N4O3S3/c1-2-27-17-22-21-16(28-17)20-15(24)11-5-7-23(8-6-11)29(25,26)10-12-3-4-13(18)9-14(12)19/h3-4,9,11H,2,5-8,10H2,1H3,(H,20,21,24). The Morgan fingerprint density at radius 2 is 2.03 bits per heavy atom. The van der Waals surface area contributed by atoms with E-state index in [4.69, 9.17) is 23.2 Å². The van der Waals surface area contributed by atoms with Crippen molar-refractivity contribution in [2.45, 2.75) is 29.9 Å². The van der Waals surface area contributed by atoms with Crippen LogP contribution in [-0.2, 0) is 20.6 Å². The average Bonchev–Trinajstić information content (AvgIpc) is 3.11. The Morgan fingerprint density at radius 1 is 1.31 bits per heavy atom. The van der Waals surface area contributed by atoms with Crippen molar-refractivity contribution < 1.29 is 13.2 Å². The number of halogens is 2. The monoisotopic (exact) mass is 494 g/mol. The third-order valence-electron chi connectivity index (χ3n) is 4.48. The molecule has 0 aliphatic carbocycles. The molecule has 158 valence electrons. The molecule has 0 atom stereocenters. The summed E-state index contributed by atoms with van der Waals surface area (Å²) in [7, 11) is -3.53. The van der Waals surface area contributed by atoms with E-state index in [0.29, 0.717) is 46.7 Å². The molecule has 0 saturated carbocycles. The lowest BCUT2D eigenvalue weighted by Gasteiger charge is -2.30. The summed E-state index contributed by atoms with van der Waals surface area (Å²) in [6, 6.07) is 4.77. The van der Waals surface area contributed by atoms with Crippen molar-refractivity contribution in [1.82, 2.24) is 14.5 Å². The third kappa shape index (κ3) is 6.05. The summed E-state index contributed by atoms with van der Waals surface area (Å²) in [6.45, 7) is 2.60. The van der Waals surface area contributed by atoms with Crippen LogP contribution in [-0.4, -0.2) is 47.7 Å². The summed E-state index contributed by atoms with van der Waals surface area (Å²) in [5, 5.41) is 12.0. The summed E-state index contributed by atoms with van der Waals surface area (Å²) in [5.41, 5.74) is 0.507. The molecular formula is C17H20Cl2N4O3S3. The number of carbonyl (C=O) groups is 1. The number of nitrogens with zero attached hydrogens (tertiary/aromatic N) is 3. The van der Waals surface area contributed by atoms with E-state index in [2.05, 4.69) is 15.5 Å². The number of thioether (sulfide) groups is 1. The molecule has 0 radical (unpaired) electrons. The number of sulfonamides is 1. The van der Waals surface area contributed by atoms with Gasteiger partial charge in [-0.3, -0.25) is 4.79 Å². The van der Waals surface area contributed by atoms with E-state index in [1.165, 1.54) is 21.7 Å². The van der Waals surface area contributed by atoms with Gasteiger partial charge in [-0.15, -0.1) is 10.2 Å². The van der Waals surface area contributed by atoms with Crippen LogP contribution in [0.2, 0.25) is 10.0 Å². The maximum absolute atomic E-state index is 12.7. The van der Waals surface area contributed by atoms with Crippen LogP contribution in [0, 0.1) is 5.92 Å². The van der Waals surface area contributed by atoms with Crippen molar-refractivity contribution in [3.05, 3.63) is 33.8 Å². The Morgan fingerprint density at radius 3 is 2.69 bits per heavy atom. The predicted molar refractivity (Wildman–Crippen MR) is 118 cm³/mol. The molecule has 29 heavy (non-hydrogen) atoms. The Kier molecular flexibility index (Phi) is 7.80. The van der Waals surface area contributed by atoms with Crippen molar-refractivity contribution >= 4 is 67.4 Å². The molecule has 0 spiro atoms. The molecule has 0 unspecified atom stereocenters. The number of hydrogen-bond acceptors (Lipinski definition) is 7. The maximum Gasteiger partial charge on any atom is 0.229 e. The quantitative estimate of drug-likeness (QED) is 0.459. The van der Waals surface area contributed by atoms with Gasteiger partial charge in [0.15, 0.2) is 4.34 Å². The lowest BCUT2D eigenvalue weighted by molar-refractivity contribution is -0.120. The zero-order valence-corrected chi connectivity index (χ0v) is 19.6. The van der Waals surface area contributed by atoms with Gasteiger partial charge in [-0.2, -0.15) is 0 Å². The fourth-order valence-corrected chi connectivity index (χ4v) is 6.77. The molecule has 0 bridgehead atoms. The number of hydrogen-bond donors (Lipinski definition) is 1. The number of anilines is 1. The van der Waals surface area contributed by atoms with Gasteiger partial charge in [0.25, 0.3) is 0 Å². The van der Waals surface area contributed by atoms with Crippen LogP contribution < -0.4 is 5.32 Å². The normalized spacial score (nSPS) is 16.1. The summed E-state index contributed by atoms with van der Waals surface area (Å²) in [4.78, 5) is 12.5. The first-order valence-corrected chi connectivity index (χ1v) is 13.1. The van der Waals surface area contributed by atoms with E-state index in [1.54, 1.807) is 23.9 Å². The summed E-state index contributed by atoms with van der Waals surface area (Å²) in [5.74, 6) is 0.290. The highest BCUT2D eigenvalue weighted by Gasteiger charge is 2.32. The first kappa shape index (κ1) is 22.8. The van der Waals surface area contributed by atoms with E-state index in [1.807, 2.05) is 6.92 Å². The largest absolute Gasteiger partial charge is 0.300 e. The molecule has 1 aromatic carbocycles. The molecule has 1 aliphatic rings. The molecular weight excluding hydrogens is 475 g/mol. The highest BCUT2D eigenvalue weighted by Crippen LogP contribution is 2.28. The van der Waals surface area contributed by atoms with Crippen LogP contribution in [0.25, 0.3) is 0 Å². The van der Waals surface area contributed by atoms with Gasteiger partial charge >= 0.3 is 0 Å². The van der Waals surface area contributed by atoms with Crippen LogP contribution in [0.3, 0.4) is 0 Å². The van der Waals surface area contributed by atoms with Gasteiger partial charge in [0, 0.05) is 29.1 Å². The van der Waals surface area contributed by atoms with Gasteiger partial charge in [-0.05, 0) is 36.3 Å². The molecule has 1 N–H and O–H groups in total. The van der Waals surface area contributed by atoms with Gasteiger partial charge in [-0.25, -0.2) is 12.7 Å². The number of piperidine rings is 1. The fourth-order valence-electron chi connectivity index (χ4n) is 2.97. The molecule has 12 heteroatoms. The number of carbonyl (C=O) groups excluding carboxylic acids is 1. The first-order chi connectivity index (χ1) is 13.8. The second kappa shape index (κ2) is 9.93. The number of benzene rings is 1. The van der Waals surface area contributed by atoms with Crippen LogP contribution >= 0.6 is 46.3 Å². The van der Waals surface area contributed by atoms with Gasteiger partial charge in [0.05, 0.1) is 5.75 Å². The number of nitrogens with one attached hydrogen (secondary N) is 1. The second-order valence-electron chi connectivity index (χ2n) is 6.46. The van der Waals surface area contributed by atoms with Gasteiger partial charge < -0.3 is 5.32 Å². The van der Waals surface area contributed by atoms with Gasteiger partial charge in [0.1, 0.15) is 0 Å². The minimum absolute atomic E-state index is 0.146. The van der Waals surface area contributed by atoms with Crippen molar-refractivity contribution in [3.63, 3.8) is 0 Å². The molecule has 1 amide bonds. The first-order valence-electron chi connectivity index (χ1n) is 8.97. The molecule has 2 heterocycles. The zero-order valence-electron chi connectivity index (χ0n) is 15.6. The second-order valence-corrected chi connectivity index (χ2v) is 11.8. The molecule has 3 rings (SSSR count). The minimum Gasteiger partial charge on any atom is -0.300 e. The Balaban J connectivity index is 1.55.